The minimum absolute atomic E-state index is 0.0616. The summed E-state index contributed by atoms with van der Waals surface area (Å²) in [6.45, 7) is 0. The number of nitrogens with zero attached hydrogens (tertiary/aromatic N) is 4. The van der Waals surface area contributed by atoms with E-state index in [4.69, 9.17) is 5.26 Å². The molecule has 0 spiro atoms. The molecule has 0 radical (unpaired) electrons. The molecular weight excluding hydrogens is 400 g/mol. The number of H-pyrrole nitrogens is 1. The third-order valence-electron chi connectivity index (χ3n) is 4.72. The van der Waals surface area contributed by atoms with Crippen molar-refractivity contribution in [1.82, 2.24) is 9.97 Å². The summed E-state index contributed by atoms with van der Waals surface area (Å²) in [5.41, 5.74) is 6.24. The summed E-state index contributed by atoms with van der Waals surface area (Å²) >= 11 is 0. The number of hydrazone groups is 1. The summed E-state index contributed by atoms with van der Waals surface area (Å²) in [5.74, 6) is 0.119. The van der Waals surface area contributed by atoms with Gasteiger partial charge in [0.05, 0.1) is 23.5 Å². The van der Waals surface area contributed by atoms with Crippen LogP contribution in [0.3, 0.4) is 0 Å². The predicted octanol–water partition coefficient (Wildman–Crippen LogP) is 4.29. The zero-order valence-electron chi connectivity index (χ0n) is 16.8. The summed E-state index contributed by atoms with van der Waals surface area (Å²) < 4.78 is 0. The normalized spacial score (nSPS) is 10.4. The smallest absolute Gasteiger partial charge is 0.270 e. The second kappa shape index (κ2) is 9.21. The van der Waals surface area contributed by atoms with Crippen molar-refractivity contribution in [2.24, 2.45) is 5.10 Å². The van der Waals surface area contributed by atoms with E-state index in [1.807, 2.05) is 66.7 Å². The van der Waals surface area contributed by atoms with Crippen LogP contribution in [0.2, 0.25) is 0 Å². The third kappa shape index (κ3) is 4.28. The van der Waals surface area contributed by atoms with Crippen LogP contribution in [0.5, 0.6) is 0 Å². The number of hydrogen-bond donors (Lipinski definition) is 2. The highest BCUT2D eigenvalue weighted by Crippen LogP contribution is 2.24. The first-order chi connectivity index (χ1) is 15.7. The van der Waals surface area contributed by atoms with E-state index in [1.165, 1.54) is 0 Å². The Morgan fingerprint density at radius 3 is 2.44 bits per heavy atom. The lowest BCUT2D eigenvalue weighted by molar-refractivity contribution is 1.08. The van der Waals surface area contributed by atoms with Crippen molar-refractivity contribution in [3.05, 3.63) is 106 Å². The molecule has 0 aliphatic heterocycles. The minimum Gasteiger partial charge on any atom is -0.290 e. The van der Waals surface area contributed by atoms with Crippen LogP contribution in [0, 0.1) is 22.7 Å². The number of hydrogen-bond acceptors (Lipinski definition) is 6. The van der Waals surface area contributed by atoms with Gasteiger partial charge in [-0.2, -0.15) is 15.6 Å². The molecule has 32 heavy (non-hydrogen) atoms. The molecule has 4 aromatic rings. The molecule has 7 nitrogen and oxygen atoms in total. The quantitative estimate of drug-likeness (QED) is 0.372. The Bertz CT molecular complexity index is 1440. The first-order valence-electron chi connectivity index (χ1n) is 9.68. The maximum absolute atomic E-state index is 12.4. The number of aromatic amines is 1. The van der Waals surface area contributed by atoms with Gasteiger partial charge in [0.1, 0.15) is 11.6 Å². The fourth-order valence-corrected chi connectivity index (χ4v) is 3.23. The van der Waals surface area contributed by atoms with Crippen molar-refractivity contribution in [3.63, 3.8) is 0 Å². The molecule has 7 heteroatoms. The Labute approximate surface area is 183 Å². The fraction of sp³-hybridized carbons (Fsp3) is 0. The Hall–Kier alpha value is -5.01. The second-order valence-corrected chi connectivity index (χ2v) is 6.77. The molecule has 0 unspecified atom stereocenters. The topological polar surface area (TPSA) is 118 Å². The first kappa shape index (κ1) is 20.3. The Balaban J connectivity index is 1.65. The molecule has 2 N–H and O–H groups in total. The number of aromatic nitrogens is 2. The molecule has 0 aliphatic rings. The van der Waals surface area contributed by atoms with E-state index in [-0.39, 0.29) is 17.2 Å². The largest absolute Gasteiger partial charge is 0.290 e. The first-order valence-corrected chi connectivity index (χ1v) is 9.68. The van der Waals surface area contributed by atoms with E-state index < -0.39 is 5.56 Å². The Kier molecular flexibility index (Phi) is 5.83. The van der Waals surface area contributed by atoms with Crippen LogP contribution in [-0.4, -0.2) is 16.2 Å². The van der Waals surface area contributed by atoms with Crippen molar-refractivity contribution >= 4 is 12.2 Å². The lowest BCUT2D eigenvalue weighted by Crippen LogP contribution is -2.16. The summed E-state index contributed by atoms with van der Waals surface area (Å²) in [5, 5.41) is 22.8. The summed E-state index contributed by atoms with van der Waals surface area (Å²) in [6.07, 6.45) is 1.61. The fourth-order valence-electron chi connectivity index (χ4n) is 3.23. The van der Waals surface area contributed by atoms with Crippen molar-refractivity contribution in [1.29, 1.82) is 10.5 Å². The highest BCUT2D eigenvalue weighted by Gasteiger charge is 2.13. The van der Waals surface area contributed by atoms with Gasteiger partial charge in [-0.15, -0.1) is 0 Å². The summed E-state index contributed by atoms with van der Waals surface area (Å²) in [4.78, 5) is 19.3. The van der Waals surface area contributed by atoms with E-state index in [2.05, 4.69) is 26.6 Å². The van der Waals surface area contributed by atoms with Crippen LogP contribution >= 0.6 is 0 Å². The van der Waals surface area contributed by atoms with Crippen LogP contribution in [-0.2, 0) is 0 Å². The van der Waals surface area contributed by atoms with Gasteiger partial charge in [-0.05, 0) is 23.3 Å². The van der Waals surface area contributed by atoms with Crippen LogP contribution in [0.1, 0.15) is 16.7 Å². The number of rotatable bonds is 5. The van der Waals surface area contributed by atoms with Crippen molar-refractivity contribution < 1.29 is 0 Å². The molecule has 0 fully saturated rings. The standard InChI is InChI=1S/C25H16N6O/c26-14-17-7-6-11-19(13-17)21-12-5-4-10-20(21)16-28-31-25-29-23(18-8-2-1-3-9-18)22(15-27)24(32)30-25/h1-13,16H,(H2,29,30,31,32). The van der Waals surface area contributed by atoms with Crippen LogP contribution in [0.15, 0.2) is 88.8 Å². The third-order valence-corrected chi connectivity index (χ3v) is 4.72. The predicted molar refractivity (Wildman–Crippen MR) is 123 cm³/mol. The number of benzene rings is 3. The van der Waals surface area contributed by atoms with Gasteiger partial charge in [-0.1, -0.05) is 66.7 Å². The molecule has 1 heterocycles. The molecule has 3 aromatic carbocycles. The maximum Gasteiger partial charge on any atom is 0.270 e. The number of anilines is 1. The van der Waals surface area contributed by atoms with Gasteiger partial charge in [0.25, 0.3) is 5.56 Å². The molecule has 4 rings (SSSR count). The molecule has 0 saturated carbocycles. The van der Waals surface area contributed by atoms with Gasteiger partial charge in [0.2, 0.25) is 5.95 Å². The van der Waals surface area contributed by atoms with Crippen molar-refractivity contribution in [2.45, 2.75) is 0 Å². The van der Waals surface area contributed by atoms with Gasteiger partial charge in [-0.3, -0.25) is 9.78 Å². The number of nitrogens with one attached hydrogen (secondary N) is 2. The van der Waals surface area contributed by atoms with Crippen LogP contribution in [0.25, 0.3) is 22.4 Å². The molecular formula is C25H16N6O. The maximum atomic E-state index is 12.4. The van der Waals surface area contributed by atoms with E-state index in [0.29, 0.717) is 11.1 Å². The molecule has 152 valence electrons. The molecule has 0 amide bonds. The molecule has 0 bridgehead atoms. The van der Waals surface area contributed by atoms with Gasteiger partial charge >= 0.3 is 0 Å². The molecule has 0 saturated heterocycles. The van der Waals surface area contributed by atoms with Gasteiger partial charge < -0.3 is 0 Å². The van der Waals surface area contributed by atoms with E-state index in [9.17, 15) is 10.1 Å². The molecule has 1 aromatic heterocycles. The summed E-state index contributed by atoms with van der Waals surface area (Å²) in [6, 6.07) is 28.0. The zero-order valence-corrected chi connectivity index (χ0v) is 16.8. The minimum atomic E-state index is -0.548. The highest BCUT2D eigenvalue weighted by atomic mass is 16.1. The Morgan fingerprint density at radius 1 is 0.906 bits per heavy atom. The second-order valence-electron chi connectivity index (χ2n) is 6.77. The lowest BCUT2D eigenvalue weighted by Gasteiger charge is -2.07. The average Bonchev–Trinajstić information content (AvgIpc) is 2.84. The van der Waals surface area contributed by atoms with Crippen molar-refractivity contribution in [3.8, 4) is 34.5 Å². The zero-order chi connectivity index (χ0) is 22.3. The van der Waals surface area contributed by atoms with Gasteiger partial charge in [0, 0.05) is 11.1 Å². The van der Waals surface area contributed by atoms with Crippen LogP contribution in [0.4, 0.5) is 5.95 Å². The molecule has 0 aliphatic carbocycles. The van der Waals surface area contributed by atoms with Gasteiger partial charge in [0.15, 0.2) is 0 Å². The van der Waals surface area contributed by atoms with Gasteiger partial charge in [-0.25, -0.2) is 10.4 Å². The summed E-state index contributed by atoms with van der Waals surface area (Å²) in [7, 11) is 0. The lowest BCUT2D eigenvalue weighted by atomic mass is 9.99. The van der Waals surface area contributed by atoms with E-state index in [1.54, 1.807) is 24.4 Å². The SMILES string of the molecule is N#Cc1cccc(-c2ccccc2C=NNc2nc(-c3ccccc3)c(C#N)c(=O)[nH]2)c1. The van der Waals surface area contributed by atoms with Crippen molar-refractivity contribution in [2.75, 3.05) is 5.43 Å². The monoisotopic (exact) mass is 416 g/mol. The van der Waals surface area contributed by atoms with E-state index in [0.717, 1.165) is 16.7 Å². The van der Waals surface area contributed by atoms with E-state index >= 15 is 0 Å². The van der Waals surface area contributed by atoms with Crippen LogP contribution < -0.4 is 11.0 Å². The molecule has 0 atom stereocenters. The average molecular weight is 416 g/mol. The highest BCUT2D eigenvalue weighted by molar-refractivity contribution is 5.90. The Morgan fingerprint density at radius 2 is 1.66 bits per heavy atom. The number of nitriles is 2.